The topological polar surface area (TPSA) is 29.5 Å². The molecule has 0 radical (unpaired) electrons. The summed E-state index contributed by atoms with van der Waals surface area (Å²) in [4.78, 5) is 0. The van der Waals surface area contributed by atoms with Crippen molar-refractivity contribution < 1.29 is 9.84 Å². The van der Waals surface area contributed by atoms with Crippen molar-refractivity contribution in [3.05, 3.63) is 12.2 Å². The summed E-state index contributed by atoms with van der Waals surface area (Å²) in [7, 11) is 1.59. The molecule has 0 bridgehead atoms. The maximum atomic E-state index is 10.0. The first kappa shape index (κ1) is 11.3. The van der Waals surface area contributed by atoms with E-state index in [-0.39, 0.29) is 0 Å². The predicted octanol–water partition coefficient (Wildman–Crippen LogP) is 1.89. The van der Waals surface area contributed by atoms with Gasteiger partial charge in [0, 0.05) is 13.5 Å². The zero-order valence-electron chi connectivity index (χ0n) is 9.13. The van der Waals surface area contributed by atoms with Gasteiger partial charge in [0.25, 0.3) is 0 Å². The van der Waals surface area contributed by atoms with Crippen LogP contribution in [0.25, 0.3) is 0 Å². The van der Waals surface area contributed by atoms with E-state index in [0.29, 0.717) is 0 Å². The highest BCUT2D eigenvalue weighted by Crippen LogP contribution is 2.36. The lowest BCUT2D eigenvalue weighted by atomic mass is 9.74. The Hall–Kier alpha value is -0.780. The molecule has 0 aromatic heterocycles. The van der Waals surface area contributed by atoms with Crippen molar-refractivity contribution in [3.8, 4) is 11.8 Å². The molecule has 0 heterocycles. The summed E-state index contributed by atoms with van der Waals surface area (Å²) in [5.41, 5.74) is -1.72. The van der Waals surface area contributed by atoms with Crippen LogP contribution in [0, 0.1) is 11.8 Å². The average molecular weight is 194 g/mol. The van der Waals surface area contributed by atoms with Crippen molar-refractivity contribution in [2.24, 2.45) is 0 Å². The molecule has 0 fully saturated rings. The van der Waals surface area contributed by atoms with E-state index in [9.17, 15) is 5.11 Å². The third-order valence-corrected chi connectivity index (χ3v) is 2.76. The van der Waals surface area contributed by atoms with Gasteiger partial charge in [0.15, 0.2) is 5.60 Å². The van der Waals surface area contributed by atoms with Gasteiger partial charge in [-0.25, -0.2) is 0 Å². The van der Waals surface area contributed by atoms with Gasteiger partial charge in [-0.3, -0.25) is 0 Å². The van der Waals surface area contributed by atoms with Crippen LogP contribution in [0.1, 0.15) is 33.1 Å². The first-order valence-electron chi connectivity index (χ1n) is 5.06. The fraction of sp³-hybridized carbons (Fsp3) is 0.667. The van der Waals surface area contributed by atoms with Gasteiger partial charge in [-0.1, -0.05) is 25.2 Å². The lowest BCUT2D eigenvalue weighted by molar-refractivity contribution is -0.0919. The molecule has 1 N–H and O–H groups in total. The minimum atomic E-state index is -1.09. The van der Waals surface area contributed by atoms with E-state index in [1.165, 1.54) is 0 Å². The second-order valence-corrected chi connectivity index (χ2v) is 3.82. The van der Waals surface area contributed by atoms with Gasteiger partial charge in [-0.05, 0) is 25.5 Å². The lowest BCUT2D eigenvalue weighted by Crippen LogP contribution is -2.56. The predicted molar refractivity (Wildman–Crippen MR) is 56.8 cm³/mol. The molecule has 0 spiro atoms. The summed E-state index contributed by atoms with van der Waals surface area (Å²) in [6.07, 6.45) is 6.57. The minimum absolute atomic E-state index is 0.633. The van der Waals surface area contributed by atoms with Crippen LogP contribution in [0.5, 0.6) is 0 Å². The van der Waals surface area contributed by atoms with Gasteiger partial charge in [0.2, 0.25) is 0 Å². The minimum Gasteiger partial charge on any atom is -0.371 e. The number of unbranched alkanes of at least 4 members (excludes halogenated alkanes) is 2. The fourth-order valence-corrected chi connectivity index (χ4v) is 1.33. The largest absolute Gasteiger partial charge is 0.371 e. The Morgan fingerprint density at radius 2 is 2.14 bits per heavy atom. The molecule has 1 aliphatic rings. The van der Waals surface area contributed by atoms with Crippen molar-refractivity contribution in [2.75, 3.05) is 7.11 Å². The smallest absolute Gasteiger partial charge is 0.176 e. The van der Waals surface area contributed by atoms with Crippen molar-refractivity contribution >= 4 is 0 Å². The van der Waals surface area contributed by atoms with Gasteiger partial charge >= 0.3 is 0 Å². The molecule has 2 nitrogen and oxygen atoms in total. The summed E-state index contributed by atoms with van der Waals surface area (Å²) in [5, 5.41) is 10.0. The average Bonchev–Trinajstić information content (AvgIpc) is 2.21. The van der Waals surface area contributed by atoms with Crippen LogP contribution >= 0.6 is 0 Å². The molecule has 14 heavy (non-hydrogen) atoms. The van der Waals surface area contributed by atoms with Crippen LogP contribution in [0.4, 0.5) is 0 Å². The second-order valence-electron chi connectivity index (χ2n) is 3.82. The number of hydrogen-bond donors (Lipinski definition) is 1. The number of aliphatic hydroxyl groups is 1. The zero-order chi connectivity index (χ0) is 10.7. The van der Waals surface area contributed by atoms with Crippen LogP contribution in [0.15, 0.2) is 12.2 Å². The van der Waals surface area contributed by atoms with Crippen LogP contribution < -0.4 is 0 Å². The van der Waals surface area contributed by atoms with E-state index < -0.39 is 11.2 Å². The van der Waals surface area contributed by atoms with Crippen molar-refractivity contribution in [2.45, 2.75) is 44.3 Å². The normalized spacial score (nSPS) is 34.6. The maximum Gasteiger partial charge on any atom is 0.176 e. The Balaban J connectivity index is 2.59. The summed E-state index contributed by atoms with van der Waals surface area (Å²) in [5.74, 6) is 5.85. The highest BCUT2D eigenvalue weighted by molar-refractivity contribution is 5.41. The van der Waals surface area contributed by atoms with Gasteiger partial charge in [0.05, 0.1) is 0 Å². The fourth-order valence-electron chi connectivity index (χ4n) is 1.33. The molecule has 0 aromatic rings. The monoisotopic (exact) mass is 194 g/mol. The van der Waals surface area contributed by atoms with Crippen LogP contribution in [-0.4, -0.2) is 23.4 Å². The highest BCUT2D eigenvalue weighted by atomic mass is 16.5. The molecule has 0 unspecified atom stereocenters. The molecule has 2 heteroatoms. The number of methoxy groups -OCH3 is 1. The zero-order valence-corrected chi connectivity index (χ0v) is 9.13. The summed E-state index contributed by atoms with van der Waals surface area (Å²) in [6.45, 7) is 3.96. The van der Waals surface area contributed by atoms with Gasteiger partial charge in [0.1, 0.15) is 5.60 Å². The third kappa shape index (κ3) is 1.84. The first-order valence-corrected chi connectivity index (χ1v) is 5.06. The van der Waals surface area contributed by atoms with Gasteiger partial charge in [-0.2, -0.15) is 0 Å². The Morgan fingerprint density at radius 1 is 1.43 bits per heavy atom. The van der Waals surface area contributed by atoms with Crippen LogP contribution in [-0.2, 0) is 4.74 Å². The molecule has 0 aliphatic heterocycles. The van der Waals surface area contributed by atoms with Gasteiger partial charge < -0.3 is 9.84 Å². The van der Waals surface area contributed by atoms with Crippen LogP contribution in [0.3, 0.4) is 0 Å². The molecular formula is C12H18O2. The number of ether oxygens (including phenoxy) is 1. The second kappa shape index (κ2) is 4.16. The maximum absolute atomic E-state index is 10.0. The molecule has 1 rings (SSSR count). The third-order valence-electron chi connectivity index (χ3n) is 2.76. The Morgan fingerprint density at radius 3 is 2.57 bits per heavy atom. The van der Waals surface area contributed by atoms with Crippen molar-refractivity contribution in [1.82, 2.24) is 0 Å². The number of hydrogen-bond acceptors (Lipinski definition) is 2. The Kier molecular flexibility index (Phi) is 3.36. The van der Waals surface area contributed by atoms with Crippen molar-refractivity contribution in [3.63, 3.8) is 0 Å². The van der Waals surface area contributed by atoms with E-state index in [1.807, 2.05) is 13.0 Å². The van der Waals surface area contributed by atoms with E-state index >= 15 is 0 Å². The Labute approximate surface area is 86.0 Å². The van der Waals surface area contributed by atoms with E-state index in [1.54, 1.807) is 13.2 Å². The molecule has 0 amide bonds. The molecule has 1 aliphatic carbocycles. The van der Waals surface area contributed by atoms with Crippen molar-refractivity contribution in [1.29, 1.82) is 0 Å². The van der Waals surface area contributed by atoms with Gasteiger partial charge in [-0.15, -0.1) is 0 Å². The Bertz CT molecular complexity index is 284. The molecule has 78 valence electrons. The summed E-state index contributed by atoms with van der Waals surface area (Å²) in [6, 6.07) is 0. The molecule has 0 saturated carbocycles. The SMILES string of the molecule is CCCCC#C[C@]1(O)C=C[C@@]1(C)OC. The highest BCUT2D eigenvalue weighted by Gasteiger charge is 2.49. The van der Waals surface area contributed by atoms with E-state index in [2.05, 4.69) is 18.8 Å². The number of rotatable bonds is 3. The van der Waals surface area contributed by atoms with E-state index in [4.69, 9.17) is 4.74 Å². The van der Waals surface area contributed by atoms with Crippen LogP contribution in [0.2, 0.25) is 0 Å². The molecule has 0 saturated heterocycles. The quantitative estimate of drug-likeness (QED) is 0.422. The molecule has 0 aromatic carbocycles. The molecular weight excluding hydrogens is 176 g/mol. The standard InChI is InChI=1S/C12H18O2/c1-4-5-6-7-8-12(13)10-9-11(12,2)14-3/h9-10,13H,4-6H2,1-3H3/t11-,12+/m1/s1. The van der Waals surface area contributed by atoms with E-state index in [0.717, 1.165) is 19.3 Å². The first-order chi connectivity index (χ1) is 6.58. The molecule has 2 atom stereocenters. The lowest BCUT2D eigenvalue weighted by Gasteiger charge is -2.43. The summed E-state index contributed by atoms with van der Waals surface area (Å²) >= 11 is 0. The summed E-state index contributed by atoms with van der Waals surface area (Å²) < 4.78 is 5.21.